The van der Waals surface area contributed by atoms with Crippen molar-refractivity contribution in [2.24, 2.45) is 0 Å². The van der Waals surface area contributed by atoms with Crippen molar-refractivity contribution in [2.45, 2.75) is 37.2 Å². The van der Waals surface area contributed by atoms with Crippen LogP contribution in [-0.4, -0.2) is 24.2 Å². The molecule has 0 amide bonds. The predicted molar refractivity (Wildman–Crippen MR) is 125 cm³/mol. The SMILES string of the molecule is O=C(O)CNCCCC(Oc1ccc(C(F)(F)c2cc(C(F)(F)F)cc(C(F)(F)F)c2)cc1)c1ccc(F)cc1. The summed E-state index contributed by atoms with van der Waals surface area (Å²) in [6, 6.07) is 8.77. The molecule has 0 saturated heterocycles. The van der Waals surface area contributed by atoms with Crippen LogP contribution in [0.4, 0.5) is 39.5 Å². The van der Waals surface area contributed by atoms with Crippen molar-refractivity contribution in [3.63, 3.8) is 0 Å². The van der Waals surface area contributed by atoms with Crippen LogP contribution in [0, 0.1) is 5.82 Å². The lowest BCUT2D eigenvalue weighted by atomic mass is 9.95. The van der Waals surface area contributed by atoms with Crippen molar-refractivity contribution in [3.05, 3.63) is 100 Å². The molecule has 0 aliphatic carbocycles. The number of ether oxygens (including phenoxy) is 1. The maximum atomic E-state index is 15.2. The van der Waals surface area contributed by atoms with Crippen LogP contribution in [0.25, 0.3) is 0 Å². The van der Waals surface area contributed by atoms with Crippen LogP contribution in [-0.2, 0) is 23.1 Å². The Labute approximate surface area is 222 Å². The van der Waals surface area contributed by atoms with Gasteiger partial charge in [-0.05, 0) is 79.5 Å². The zero-order chi connectivity index (χ0) is 29.7. The van der Waals surface area contributed by atoms with Gasteiger partial charge in [-0.25, -0.2) is 4.39 Å². The van der Waals surface area contributed by atoms with E-state index >= 15 is 8.78 Å². The van der Waals surface area contributed by atoms with E-state index in [2.05, 4.69) is 5.32 Å². The minimum absolute atomic E-state index is 0.0252. The van der Waals surface area contributed by atoms with Gasteiger partial charge in [0.15, 0.2) is 0 Å². The Balaban J connectivity index is 1.85. The average molecular weight is 579 g/mol. The summed E-state index contributed by atoms with van der Waals surface area (Å²) in [4.78, 5) is 10.6. The number of alkyl halides is 8. The molecule has 2 N–H and O–H groups in total. The molecule has 0 aliphatic heterocycles. The lowest BCUT2D eigenvalue weighted by molar-refractivity contribution is -0.143. The maximum Gasteiger partial charge on any atom is 0.416 e. The van der Waals surface area contributed by atoms with Gasteiger partial charge in [-0.1, -0.05) is 12.1 Å². The van der Waals surface area contributed by atoms with Crippen molar-refractivity contribution in [1.29, 1.82) is 0 Å². The number of nitrogens with one attached hydrogen (secondary N) is 1. The van der Waals surface area contributed by atoms with E-state index in [-0.39, 0.29) is 30.5 Å². The van der Waals surface area contributed by atoms with Crippen LogP contribution >= 0.6 is 0 Å². The average Bonchev–Trinajstić information content (AvgIpc) is 2.87. The second kappa shape index (κ2) is 12.2. The van der Waals surface area contributed by atoms with Gasteiger partial charge in [-0.3, -0.25) is 4.79 Å². The number of hydrogen-bond acceptors (Lipinski definition) is 3. The van der Waals surface area contributed by atoms with Gasteiger partial charge in [0.1, 0.15) is 17.7 Å². The minimum atomic E-state index is -5.29. The zero-order valence-corrected chi connectivity index (χ0v) is 20.4. The highest BCUT2D eigenvalue weighted by Crippen LogP contribution is 2.43. The molecule has 0 saturated carbocycles. The van der Waals surface area contributed by atoms with Crippen molar-refractivity contribution < 1.29 is 54.2 Å². The number of aliphatic carboxylic acids is 1. The van der Waals surface area contributed by atoms with Crippen molar-refractivity contribution >= 4 is 5.97 Å². The molecular formula is C27H22F9NO3. The quantitative estimate of drug-likeness (QED) is 0.182. The van der Waals surface area contributed by atoms with E-state index < -0.39 is 58.4 Å². The highest BCUT2D eigenvalue weighted by Gasteiger charge is 2.42. The monoisotopic (exact) mass is 579 g/mol. The second-order valence-corrected chi connectivity index (χ2v) is 8.76. The van der Waals surface area contributed by atoms with Gasteiger partial charge < -0.3 is 15.2 Å². The van der Waals surface area contributed by atoms with Gasteiger partial charge >= 0.3 is 18.3 Å². The number of carboxylic acid groups (broad SMARTS) is 1. The first kappa shape index (κ1) is 30.8. The third kappa shape index (κ3) is 8.13. The Morgan fingerprint density at radius 3 is 1.80 bits per heavy atom. The van der Waals surface area contributed by atoms with Crippen LogP contribution in [0.1, 0.15) is 46.8 Å². The first-order valence-corrected chi connectivity index (χ1v) is 11.7. The Hall–Kier alpha value is -3.74. The normalized spacial score (nSPS) is 13.2. The molecule has 3 rings (SSSR count). The summed E-state index contributed by atoms with van der Waals surface area (Å²) >= 11 is 0. The van der Waals surface area contributed by atoms with Gasteiger partial charge in [-0.15, -0.1) is 0 Å². The topological polar surface area (TPSA) is 58.6 Å². The molecule has 1 atom stereocenters. The highest BCUT2D eigenvalue weighted by atomic mass is 19.4. The minimum Gasteiger partial charge on any atom is -0.486 e. The van der Waals surface area contributed by atoms with Crippen LogP contribution in [0.15, 0.2) is 66.7 Å². The number of halogens is 9. The first-order chi connectivity index (χ1) is 18.6. The summed E-state index contributed by atoms with van der Waals surface area (Å²) in [5.41, 5.74) is -5.56. The summed E-state index contributed by atoms with van der Waals surface area (Å²) in [7, 11) is 0. The number of benzene rings is 3. The third-order valence-electron chi connectivity index (χ3n) is 5.78. The first-order valence-electron chi connectivity index (χ1n) is 11.7. The molecule has 0 aromatic heterocycles. The summed E-state index contributed by atoms with van der Waals surface area (Å²) in [5, 5.41) is 11.4. The molecular weight excluding hydrogens is 557 g/mol. The Morgan fingerprint density at radius 1 is 0.775 bits per heavy atom. The summed E-state index contributed by atoms with van der Waals surface area (Å²) in [6.07, 6.45) is -10.6. The Morgan fingerprint density at radius 2 is 1.30 bits per heavy atom. The van der Waals surface area contributed by atoms with E-state index in [1.165, 1.54) is 24.3 Å². The highest BCUT2D eigenvalue weighted by molar-refractivity contribution is 5.68. The molecule has 0 radical (unpaired) electrons. The van der Waals surface area contributed by atoms with Gasteiger partial charge in [0.25, 0.3) is 5.92 Å². The molecule has 1 unspecified atom stereocenters. The second-order valence-electron chi connectivity index (χ2n) is 8.76. The number of hydrogen-bond donors (Lipinski definition) is 2. The largest absolute Gasteiger partial charge is 0.486 e. The number of carboxylic acids is 1. The summed E-state index contributed by atoms with van der Waals surface area (Å²) < 4.78 is 128. The third-order valence-corrected chi connectivity index (χ3v) is 5.78. The van der Waals surface area contributed by atoms with Gasteiger partial charge in [0, 0.05) is 11.1 Å². The summed E-state index contributed by atoms with van der Waals surface area (Å²) in [5.74, 6) is -5.73. The molecule has 0 fully saturated rings. The van der Waals surface area contributed by atoms with Gasteiger partial charge in [-0.2, -0.15) is 35.1 Å². The van der Waals surface area contributed by atoms with Crippen LogP contribution in [0.5, 0.6) is 5.75 Å². The Kier molecular flexibility index (Phi) is 9.39. The van der Waals surface area contributed by atoms with E-state index in [9.17, 15) is 35.5 Å². The molecule has 0 heterocycles. The summed E-state index contributed by atoms with van der Waals surface area (Å²) in [6.45, 7) is 0.0313. The fourth-order valence-electron chi connectivity index (χ4n) is 3.79. The maximum absolute atomic E-state index is 15.2. The van der Waals surface area contributed by atoms with Crippen molar-refractivity contribution in [1.82, 2.24) is 5.32 Å². The van der Waals surface area contributed by atoms with Crippen molar-refractivity contribution in [2.75, 3.05) is 13.1 Å². The van der Waals surface area contributed by atoms with E-state index in [1.807, 2.05) is 0 Å². The lowest BCUT2D eigenvalue weighted by Crippen LogP contribution is -2.24. The van der Waals surface area contributed by atoms with E-state index in [0.717, 1.165) is 24.3 Å². The molecule has 0 spiro atoms. The fraction of sp³-hybridized carbons (Fsp3) is 0.296. The standard InChI is InChI=1S/C27H22F9NO3/c28-21-7-3-16(4-8-21)23(2-1-11-37-15-24(38)39)40-22-9-5-17(6-10-22)25(29,30)18-12-19(26(31,32)33)14-20(13-18)27(34,35)36/h3-10,12-14,23,37H,1-2,11,15H2,(H,38,39). The van der Waals surface area contributed by atoms with Crippen LogP contribution in [0.2, 0.25) is 0 Å². The van der Waals surface area contributed by atoms with Gasteiger partial charge in [0.05, 0.1) is 17.7 Å². The van der Waals surface area contributed by atoms with E-state index in [4.69, 9.17) is 9.84 Å². The lowest BCUT2D eigenvalue weighted by Gasteiger charge is -2.22. The van der Waals surface area contributed by atoms with Crippen LogP contribution in [0.3, 0.4) is 0 Å². The zero-order valence-electron chi connectivity index (χ0n) is 20.4. The van der Waals surface area contributed by atoms with Gasteiger partial charge in [0.2, 0.25) is 0 Å². The smallest absolute Gasteiger partial charge is 0.416 e. The van der Waals surface area contributed by atoms with Crippen molar-refractivity contribution in [3.8, 4) is 5.75 Å². The molecule has 40 heavy (non-hydrogen) atoms. The van der Waals surface area contributed by atoms with Crippen LogP contribution < -0.4 is 10.1 Å². The fourth-order valence-corrected chi connectivity index (χ4v) is 3.79. The predicted octanol–water partition coefficient (Wildman–Crippen LogP) is 7.58. The molecule has 4 nitrogen and oxygen atoms in total. The van der Waals surface area contributed by atoms with E-state index in [0.29, 0.717) is 24.9 Å². The van der Waals surface area contributed by atoms with E-state index in [1.54, 1.807) is 0 Å². The molecule has 3 aromatic carbocycles. The Bertz CT molecular complexity index is 1260. The molecule has 13 heteroatoms. The number of carbonyl (C=O) groups is 1. The molecule has 0 bridgehead atoms. The number of rotatable bonds is 11. The molecule has 216 valence electrons. The molecule has 0 aliphatic rings. The molecule has 3 aromatic rings.